The van der Waals surface area contributed by atoms with Crippen LogP contribution >= 0.6 is 11.8 Å². The number of piperidine rings is 1. The van der Waals surface area contributed by atoms with Gasteiger partial charge < -0.3 is 18.9 Å². The molecule has 0 atom stereocenters. The lowest BCUT2D eigenvalue weighted by Gasteiger charge is -2.16. The zero-order valence-corrected chi connectivity index (χ0v) is 17.5. The fraction of sp³-hybridized carbons (Fsp3) is 0.600. The predicted octanol–water partition coefficient (Wildman–Crippen LogP) is 3.15. The van der Waals surface area contributed by atoms with E-state index in [2.05, 4.69) is 4.58 Å². The van der Waals surface area contributed by atoms with Gasteiger partial charge in [-0.15, -0.1) is 0 Å². The Balaban J connectivity index is 2.27. The monoisotopic (exact) mass is 396 g/mol. The van der Waals surface area contributed by atoms with Gasteiger partial charge in [0.25, 0.3) is 0 Å². The van der Waals surface area contributed by atoms with Gasteiger partial charge in [0.2, 0.25) is 10.8 Å². The van der Waals surface area contributed by atoms with Crippen molar-refractivity contribution in [1.82, 2.24) is 0 Å². The molecule has 2 rings (SSSR count). The van der Waals surface area contributed by atoms with Crippen molar-refractivity contribution < 1.29 is 28.3 Å². The second-order valence-corrected chi connectivity index (χ2v) is 7.29. The highest BCUT2D eigenvalue weighted by Gasteiger charge is 2.22. The number of methoxy groups -OCH3 is 3. The largest absolute Gasteiger partial charge is 0.493 e. The molecule has 0 radical (unpaired) electrons. The summed E-state index contributed by atoms with van der Waals surface area (Å²) in [6.45, 7) is 4.28. The molecule has 0 bridgehead atoms. The maximum absolute atomic E-state index is 11.8. The van der Waals surface area contributed by atoms with E-state index in [4.69, 9.17) is 18.9 Å². The van der Waals surface area contributed by atoms with Crippen LogP contribution in [0.4, 0.5) is 0 Å². The first-order chi connectivity index (χ1) is 13.1. The molecule has 0 spiro atoms. The molecule has 7 heteroatoms. The maximum Gasteiger partial charge on any atom is 0.316 e. The van der Waals surface area contributed by atoms with E-state index in [1.807, 2.05) is 19.1 Å². The molecule has 6 nitrogen and oxygen atoms in total. The van der Waals surface area contributed by atoms with Crippen LogP contribution in [0.15, 0.2) is 12.1 Å². The molecule has 0 aliphatic carbocycles. The van der Waals surface area contributed by atoms with Gasteiger partial charge in [0, 0.05) is 12.8 Å². The average Bonchev–Trinajstić information content (AvgIpc) is 2.71. The van der Waals surface area contributed by atoms with E-state index >= 15 is 0 Å². The van der Waals surface area contributed by atoms with Gasteiger partial charge in [0.15, 0.2) is 11.5 Å². The number of hydrogen-bond acceptors (Lipinski definition) is 6. The molecule has 1 fully saturated rings. The van der Waals surface area contributed by atoms with Gasteiger partial charge in [-0.1, -0.05) is 11.8 Å². The van der Waals surface area contributed by atoms with Crippen molar-refractivity contribution in [3.05, 3.63) is 17.7 Å². The topological polar surface area (TPSA) is 57.0 Å². The minimum atomic E-state index is -0.179. The summed E-state index contributed by atoms with van der Waals surface area (Å²) in [7, 11) is 4.83. The third kappa shape index (κ3) is 6.06. The quantitative estimate of drug-likeness (QED) is 0.382. The summed E-state index contributed by atoms with van der Waals surface area (Å²) >= 11 is 1.56. The van der Waals surface area contributed by atoms with Gasteiger partial charge in [-0.2, -0.15) is 0 Å². The van der Waals surface area contributed by atoms with Crippen molar-refractivity contribution >= 4 is 22.8 Å². The zero-order chi connectivity index (χ0) is 19.6. The molecule has 0 amide bonds. The van der Waals surface area contributed by atoms with Gasteiger partial charge in [0.05, 0.1) is 34.4 Å². The summed E-state index contributed by atoms with van der Waals surface area (Å²) < 4.78 is 23.8. The number of esters is 1. The van der Waals surface area contributed by atoms with Gasteiger partial charge in [-0.3, -0.25) is 4.79 Å². The Morgan fingerprint density at radius 1 is 1.04 bits per heavy atom. The number of carbonyl (C=O) groups is 1. The molecule has 0 unspecified atom stereocenters. The van der Waals surface area contributed by atoms with Crippen molar-refractivity contribution in [2.75, 3.05) is 46.8 Å². The minimum Gasteiger partial charge on any atom is -0.493 e. The highest BCUT2D eigenvalue weighted by atomic mass is 32.2. The SMILES string of the molecule is CCOC(=O)CSC(Cc1cc(OC)c(OC)c(OC)c1)=[N+]1CCCCC1. The molecule has 1 aliphatic heterocycles. The number of hydrogen-bond donors (Lipinski definition) is 0. The lowest BCUT2D eigenvalue weighted by Crippen LogP contribution is -2.27. The Hall–Kier alpha value is -1.89. The summed E-state index contributed by atoms with van der Waals surface area (Å²) in [5.41, 5.74) is 1.06. The fourth-order valence-corrected chi connectivity index (χ4v) is 4.16. The molecule has 0 aromatic heterocycles. The lowest BCUT2D eigenvalue weighted by atomic mass is 10.1. The fourth-order valence-electron chi connectivity index (χ4n) is 3.15. The minimum absolute atomic E-state index is 0.179. The third-order valence-electron chi connectivity index (χ3n) is 4.45. The van der Waals surface area contributed by atoms with Crippen LogP contribution in [0, 0.1) is 0 Å². The number of rotatable bonds is 8. The van der Waals surface area contributed by atoms with Gasteiger partial charge >= 0.3 is 5.97 Å². The van der Waals surface area contributed by atoms with Crippen LogP contribution in [-0.4, -0.2) is 62.4 Å². The van der Waals surface area contributed by atoms with E-state index in [9.17, 15) is 4.79 Å². The Bertz CT molecular complexity index is 641. The summed E-state index contributed by atoms with van der Waals surface area (Å²) in [6, 6.07) is 3.94. The Morgan fingerprint density at radius 2 is 1.67 bits per heavy atom. The maximum atomic E-state index is 11.8. The summed E-state index contributed by atoms with van der Waals surface area (Å²) in [5, 5.41) is 1.18. The van der Waals surface area contributed by atoms with E-state index in [0.717, 1.165) is 18.7 Å². The molecule has 1 aliphatic rings. The molecular formula is C20H30NO5S+. The second-order valence-electron chi connectivity index (χ2n) is 6.25. The van der Waals surface area contributed by atoms with E-state index in [1.54, 1.807) is 33.1 Å². The van der Waals surface area contributed by atoms with Crippen molar-refractivity contribution in [3.63, 3.8) is 0 Å². The van der Waals surface area contributed by atoms with Crippen molar-refractivity contribution in [3.8, 4) is 17.2 Å². The zero-order valence-electron chi connectivity index (χ0n) is 16.7. The summed E-state index contributed by atoms with van der Waals surface area (Å²) in [6.07, 6.45) is 4.33. The van der Waals surface area contributed by atoms with Crippen LogP contribution in [0.3, 0.4) is 0 Å². The predicted molar refractivity (Wildman–Crippen MR) is 108 cm³/mol. The van der Waals surface area contributed by atoms with Crippen molar-refractivity contribution in [1.29, 1.82) is 0 Å². The van der Waals surface area contributed by atoms with Crippen LogP contribution in [0.5, 0.6) is 17.2 Å². The smallest absolute Gasteiger partial charge is 0.316 e. The number of nitrogens with zero attached hydrogens (tertiary/aromatic N) is 1. The van der Waals surface area contributed by atoms with E-state index < -0.39 is 0 Å². The van der Waals surface area contributed by atoms with Crippen LogP contribution in [0.2, 0.25) is 0 Å². The second kappa shape index (κ2) is 11.1. The molecule has 0 N–H and O–H groups in total. The van der Waals surface area contributed by atoms with Crippen LogP contribution in [0.25, 0.3) is 0 Å². The van der Waals surface area contributed by atoms with Crippen LogP contribution in [0.1, 0.15) is 31.7 Å². The summed E-state index contributed by atoms with van der Waals surface area (Å²) in [4.78, 5) is 11.8. The molecule has 0 saturated carbocycles. The number of carbonyl (C=O) groups excluding carboxylic acids is 1. The van der Waals surface area contributed by atoms with E-state index in [0.29, 0.717) is 36.0 Å². The Labute approximate surface area is 165 Å². The number of thioether (sulfide) groups is 1. The first kappa shape index (κ1) is 21.4. The third-order valence-corrected chi connectivity index (χ3v) is 5.57. The van der Waals surface area contributed by atoms with Gasteiger partial charge in [0.1, 0.15) is 18.8 Å². The molecule has 1 heterocycles. The molecule has 1 saturated heterocycles. The van der Waals surface area contributed by atoms with Gasteiger partial charge in [-0.05, 0) is 31.0 Å². The first-order valence-corrected chi connectivity index (χ1v) is 10.3. The number of benzene rings is 1. The van der Waals surface area contributed by atoms with E-state index in [1.165, 1.54) is 24.3 Å². The van der Waals surface area contributed by atoms with Crippen LogP contribution in [-0.2, 0) is 16.0 Å². The molecule has 150 valence electrons. The van der Waals surface area contributed by atoms with Gasteiger partial charge in [-0.25, -0.2) is 4.58 Å². The van der Waals surface area contributed by atoms with Crippen LogP contribution < -0.4 is 14.2 Å². The number of ether oxygens (including phenoxy) is 4. The highest BCUT2D eigenvalue weighted by molar-refractivity contribution is 8.14. The van der Waals surface area contributed by atoms with Crippen molar-refractivity contribution in [2.24, 2.45) is 0 Å². The molecule has 1 aromatic carbocycles. The first-order valence-electron chi connectivity index (χ1n) is 9.31. The Kier molecular flexibility index (Phi) is 8.78. The standard InChI is InChI=1S/C20H30NO5S/c1-5-26-19(22)14-27-18(21-9-7-6-8-10-21)13-15-11-16(23-2)20(25-4)17(12-15)24-3/h11-12H,5-10,13-14H2,1-4H3/q+1. The molecule has 1 aromatic rings. The van der Waals surface area contributed by atoms with E-state index in [-0.39, 0.29) is 5.97 Å². The lowest BCUT2D eigenvalue weighted by molar-refractivity contribution is -0.535. The van der Waals surface area contributed by atoms with Crippen molar-refractivity contribution in [2.45, 2.75) is 32.6 Å². The summed E-state index contributed by atoms with van der Waals surface area (Å²) in [5.74, 6) is 2.01. The molecule has 27 heavy (non-hydrogen) atoms. The molecular weight excluding hydrogens is 366 g/mol. The average molecular weight is 397 g/mol. The highest BCUT2D eigenvalue weighted by Crippen LogP contribution is 2.38. The Morgan fingerprint density at radius 3 is 2.19 bits per heavy atom. The normalized spacial score (nSPS) is 13.9.